The van der Waals surface area contributed by atoms with Crippen molar-refractivity contribution in [2.75, 3.05) is 14.1 Å². The van der Waals surface area contributed by atoms with Gasteiger partial charge in [-0.3, -0.25) is 14.5 Å². The number of hydrogen-bond acceptors (Lipinski definition) is 3. The summed E-state index contributed by atoms with van der Waals surface area (Å²) in [4.78, 5) is 23.1. The van der Waals surface area contributed by atoms with Gasteiger partial charge in [-0.05, 0) is 31.8 Å². The number of carbonyl (C=O) groups excluding carboxylic acids is 2. The Hall–Kier alpha value is -0.810. The van der Waals surface area contributed by atoms with Gasteiger partial charge >= 0.3 is 5.38 Å². The number of carbonyl (C=O) groups is 2. The van der Waals surface area contributed by atoms with Gasteiger partial charge in [0.1, 0.15) is 6.04 Å². The molecule has 3 nitrogen and oxygen atoms in total. The quantitative estimate of drug-likeness (QED) is 0.399. The Morgan fingerprint density at radius 3 is 2.14 bits per heavy atom. The molecule has 0 aliphatic carbocycles. The van der Waals surface area contributed by atoms with Crippen LogP contribution in [0.25, 0.3) is 0 Å². The first kappa shape index (κ1) is 13.2. The van der Waals surface area contributed by atoms with Gasteiger partial charge in [0.25, 0.3) is 0 Å². The number of alkyl halides is 3. The van der Waals surface area contributed by atoms with Gasteiger partial charge in [-0.15, -0.1) is 0 Å². The first-order valence-corrected chi connectivity index (χ1v) is 4.03. The van der Waals surface area contributed by atoms with E-state index in [1.807, 2.05) is 0 Å². The van der Waals surface area contributed by atoms with E-state index < -0.39 is 23.0 Å². The second-order valence-electron chi connectivity index (χ2n) is 2.83. The Balaban J connectivity index is 4.95. The first-order chi connectivity index (χ1) is 6.21. The SMILES string of the molecule is C=CC(=O)C(C(=O)C(F)(F)Cl)N(C)C. The van der Waals surface area contributed by atoms with Crippen LogP contribution in [-0.2, 0) is 9.59 Å². The Bertz CT molecular complexity index is 261. The smallest absolute Gasteiger partial charge is 0.293 e. The van der Waals surface area contributed by atoms with Gasteiger partial charge < -0.3 is 0 Å². The lowest BCUT2D eigenvalue weighted by Crippen LogP contribution is -2.47. The molecule has 0 aliphatic rings. The average molecular weight is 226 g/mol. The maximum atomic E-state index is 12.4. The summed E-state index contributed by atoms with van der Waals surface area (Å²) >= 11 is 4.53. The van der Waals surface area contributed by atoms with Gasteiger partial charge in [0.05, 0.1) is 0 Å². The van der Waals surface area contributed by atoms with Crippen LogP contribution in [0.5, 0.6) is 0 Å². The molecule has 0 saturated heterocycles. The molecule has 0 aliphatic heterocycles. The van der Waals surface area contributed by atoms with E-state index in [0.717, 1.165) is 11.0 Å². The summed E-state index contributed by atoms with van der Waals surface area (Å²) in [5.74, 6) is -2.45. The largest absolute Gasteiger partial charge is 0.382 e. The van der Waals surface area contributed by atoms with E-state index in [4.69, 9.17) is 0 Å². The maximum Gasteiger partial charge on any atom is 0.382 e. The second kappa shape index (κ2) is 4.61. The van der Waals surface area contributed by atoms with Crippen molar-refractivity contribution in [2.45, 2.75) is 11.4 Å². The lowest BCUT2D eigenvalue weighted by atomic mass is 10.1. The lowest BCUT2D eigenvalue weighted by molar-refractivity contribution is -0.142. The fourth-order valence-electron chi connectivity index (χ4n) is 0.885. The van der Waals surface area contributed by atoms with E-state index in [1.54, 1.807) is 0 Å². The molecule has 1 atom stereocenters. The standard InChI is InChI=1S/C8H10ClF2NO2/c1-4-5(13)6(12(2)3)7(14)8(9,10)11/h4,6H,1H2,2-3H3. The van der Waals surface area contributed by atoms with Crippen molar-refractivity contribution >= 4 is 23.2 Å². The van der Waals surface area contributed by atoms with Crippen LogP contribution in [0.2, 0.25) is 0 Å². The normalized spacial score (nSPS) is 13.9. The highest BCUT2D eigenvalue weighted by Crippen LogP contribution is 2.23. The summed E-state index contributed by atoms with van der Waals surface area (Å²) in [5, 5.41) is -4.03. The third kappa shape index (κ3) is 3.16. The van der Waals surface area contributed by atoms with E-state index in [1.165, 1.54) is 14.1 Å². The van der Waals surface area contributed by atoms with E-state index in [-0.39, 0.29) is 0 Å². The topological polar surface area (TPSA) is 37.4 Å². The summed E-state index contributed by atoms with van der Waals surface area (Å²) in [7, 11) is 2.65. The number of ketones is 2. The summed E-state index contributed by atoms with van der Waals surface area (Å²) in [6.07, 6.45) is 0.811. The van der Waals surface area contributed by atoms with Crippen LogP contribution in [0.1, 0.15) is 0 Å². The third-order valence-corrected chi connectivity index (χ3v) is 1.70. The van der Waals surface area contributed by atoms with Crippen LogP contribution < -0.4 is 0 Å². The average Bonchev–Trinajstić information content (AvgIpc) is 2.01. The van der Waals surface area contributed by atoms with Crippen molar-refractivity contribution in [1.29, 1.82) is 0 Å². The summed E-state index contributed by atoms with van der Waals surface area (Å²) in [6.45, 7) is 3.11. The minimum atomic E-state index is -4.03. The molecule has 0 radical (unpaired) electrons. The summed E-state index contributed by atoms with van der Waals surface area (Å²) < 4.78 is 24.9. The molecule has 0 aromatic heterocycles. The van der Waals surface area contributed by atoms with Gasteiger partial charge in [0, 0.05) is 0 Å². The number of nitrogens with zero attached hydrogens (tertiary/aromatic N) is 1. The number of rotatable bonds is 5. The van der Waals surface area contributed by atoms with Crippen molar-refractivity contribution in [3.63, 3.8) is 0 Å². The second-order valence-corrected chi connectivity index (χ2v) is 3.31. The first-order valence-electron chi connectivity index (χ1n) is 3.65. The molecule has 0 rings (SSSR count). The van der Waals surface area contributed by atoms with Crippen molar-refractivity contribution in [3.8, 4) is 0 Å². The van der Waals surface area contributed by atoms with Crippen molar-refractivity contribution < 1.29 is 18.4 Å². The van der Waals surface area contributed by atoms with E-state index in [2.05, 4.69) is 18.2 Å². The van der Waals surface area contributed by atoms with Gasteiger partial charge in [-0.25, -0.2) is 0 Å². The molecule has 0 bridgehead atoms. The predicted octanol–water partition coefficient (Wildman–Crippen LogP) is 1.07. The van der Waals surface area contributed by atoms with Crippen LogP contribution in [0.15, 0.2) is 12.7 Å². The molecular weight excluding hydrogens is 216 g/mol. The minimum Gasteiger partial charge on any atom is -0.293 e. The van der Waals surface area contributed by atoms with Crippen LogP contribution in [0.4, 0.5) is 8.78 Å². The van der Waals surface area contributed by atoms with Gasteiger partial charge in [0.15, 0.2) is 5.78 Å². The van der Waals surface area contributed by atoms with E-state index in [9.17, 15) is 18.4 Å². The van der Waals surface area contributed by atoms with Crippen molar-refractivity contribution in [2.24, 2.45) is 0 Å². The Morgan fingerprint density at radius 1 is 1.50 bits per heavy atom. The van der Waals surface area contributed by atoms with E-state index in [0.29, 0.717) is 0 Å². The third-order valence-electron chi connectivity index (χ3n) is 1.51. The molecule has 0 N–H and O–H groups in total. The molecule has 14 heavy (non-hydrogen) atoms. The number of likely N-dealkylation sites (N-methyl/N-ethyl adjacent to an activating group) is 1. The van der Waals surface area contributed by atoms with E-state index >= 15 is 0 Å². The highest BCUT2D eigenvalue weighted by molar-refractivity contribution is 6.35. The molecular formula is C8H10ClF2NO2. The molecule has 0 amide bonds. The number of halogens is 3. The molecule has 80 valence electrons. The Morgan fingerprint density at radius 2 is 1.93 bits per heavy atom. The molecule has 0 fully saturated rings. The molecule has 0 heterocycles. The maximum absolute atomic E-state index is 12.4. The summed E-state index contributed by atoms with van der Waals surface area (Å²) in [6, 6.07) is -1.58. The zero-order valence-corrected chi connectivity index (χ0v) is 8.52. The Kier molecular flexibility index (Phi) is 4.35. The molecule has 0 saturated carbocycles. The van der Waals surface area contributed by atoms with Crippen LogP contribution >= 0.6 is 11.6 Å². The van der Waals surface area contributed by atoms with Crippen molar-refractivity contribution in [3.05, 3.63) is 12.7 Å². The molecule has 0 spiro atoms. The highest BCUT2D eigenvalue weighted by Gasteiger charge is 2.44. The van der Waals surface area contributed by atoms with Gasteiger partial charge in [-0.2, -0.15) is 8.78 Å². The fourth-order valence-corrected chi connectivity index (χ4v) is 0.988. The monoisotopic (exact) mass is 225 g/mol. The van der Waals surface area contributed by atoms with Crippen LogP contribution in [-0.4, -0.2) is 42.0 Å². The predicted molar refractivity (Wildman–Crippen MR) is 48.5 cm³/mol. The number of Topliss-reactive ketones (excluding diaryl/α,β-unsaturated/α-hetero) is 1. The van der Waals surface area contributed by atoms with Crippen LogP contribution in [0, 0.1) is 0 Å². The number of hydrogen-bond donors (Lipinski definition) is 0. The van der Waals surface area contributed by atoms with Crippen LogP contribution in [0.3, 0.4) is 0 Å². The molecule has 0 aromatic rings. The molecule has 1 unspecified atom stereocenters. The zero-order valence-electron chi connectivity index (χ0n) is 7.76. The summed E-state index contributed by atoms with van der Waals surface area (Å²) in [5.41, 5.74) is 0. The fraction of sp³-hybridized carbons (Fsp3) is 0.500. The molecule has 6 heteroatoms. The zero-order chi connectivity index (χ0) is 11.5. The van der Waals surface area contributed by atoms with Crippen molar-refractivity contribution in [1.82, 2.24) is 4.90 Å². The molecule has 0 aromatic carbocycles. The lowest BCUT2D eigenvalue weighted by Gasteiger charge is -2.21. The minimum absolute atomic E-state index is 0.805. The highest BCUT2D eigenvalue weighted by atomic mass is 35.5. The van der Waals surface area contributed by atoms with Gasteiger partial charge in [-0.1, -0.05) is 6.58 Å². The van der Waals surface area contributed by atoms with Gasteiger partial charge in [0.2, 0.25) is 5.78 Å². The Labute approximate surface area is 85.3 Å².